The van der Waals surface area contributed by atoms with Gasteiger partial charge in [0.2, 0.25) is 0 Å². The number of rotatable bonds is 6. The molecule has 1 aromatic heterocycles. The fourth-order valence-corrected chi connectivity index (χ4v) is 3.20. The molecule has 6 heteroatoms. The van der Waals surface area contributed by atoms with Crippen LogP contribution in [0.2, 0.25) is 0 Å². The van der Waals surface area contributed by atoms with E-state index in [2.05, 4.69) is 27.8 Å². The molecule has 0 aliphatic heterocycles. The molecule has 1 aliphatic rings. The summed E-state index contributed by atoms with van der Waals surface area (Å²) in [4.78, 5) is 12.4. The molecular weight excluding hydrogens is 338 g/mol. The second-order valence-electron chi connectivity index (χ2n) is 7.06. The number of benzene rings is 2. The third kappa shape index (κ3) is 3.75. The molecule has 1 atom stereocenters. The molecule has 1 unspecified atom stereocenters. The fraction of sp³-hybridized carbons (Fsp3) is 0.286. The molecule has 138 valence electrons. The Hall–Kier alpha value is -2.99. The summed E-state index contributed by atoms with van der Waals surface area (Å²) in [5, 5.41) is 11.1. The van der Waals surface area contributed by atoms with Crippen molar-refractivity contribution in [1.82, 2.24) is 20.3 Å². The Labute approximate surface area is 158 Å². The summed E-state index contributed by atoms with van der Waals surface area (Å²) in [6, 6.07) is 18.3. The van der Waals surface area contributed by atoms with Gasteiger partial charge in [0.1, 0.15) is 0 Å². The number of aromatic nitrogens is 3. The van der Waals surface area contributed by atoms with Gasteiger partial charge >= 0.3 is 0 Å². The molecule has 3 aromatic rings. The second-order valence-corrected chi connectivity index (χ2v) is 7.06. The quantitative estimate of drug-likeness (QED) is 0.707. The van der Waals surface area contributed by atoms with Crippen LogP contribution in [-0.4, -0.2) is 33.5 Å². The highest BCUT2D eigenvalue weighted by atomic mass is 16.2. The summed E-state index contributed by atoms with van der Waals surface area (Å²) in [6.45, 7) is 2.32. The van der Waals surface area contributed by atoms with Crippen molar-refractivity contribution in [3.63, 3.8) is 0 Å². The largest absolute Gasteiger partial charge is 0.349 e. The van der Waals surface area contributed by atoms with Gasteiger partial charge in [0, 0.05) is 12.6 Å². The first-order valence-electron chi connectivity index (χ1n) is 9.25. The number of carbonyl (C=O) groups excluding carboxylic acids is 1. The van der Waals surface area contributed by atoms with Crippen molar-refractivity contribution in [2.24, 2.45) is 11.7 Å². The maximum atomic E-state index is 12.4. The van der Waals surface area contributed by atoms with Crippen LogP contribution in [0, 0.1) is 12.8 Å². The van der Waals surface area contributed by atoms with Gasteiger partial charge in [-0.3, -0.25) is 4.79 Å². The van der Waals surface area contributed by atoms with E-state index in [1.54, 1.807) is 4.68 Å². The number of hydrogen-bond donors (Lipinski definition) is 2. The van der Waals surface area contributed by atoms with Crippen molar-refractivity contribution in [2.45, 2.75) is 25.8 Å². The van der Waals surface area contributed by atoms with Crippen LogP contribution in [0.1, 0.15) is 29.0 Å². The molecule has 6 nitrogen and oxygen atoms in total. The topological polar surface area (TPSA) is 85.8 Å². The SMILES string of the molecule is Cc1c(C(=O)NCC(N)C2CC2)nnn1-c1ccc(-c2ccccc2)cc1. The maximum Gasteiger partial charge on any atom is 0.273 e. The number of nitrogens with zero attached hydrogens (tertiary/aromatic N) is 3. The average molecular weight is 361 g/mol. The van der Waals surface area contributed by atoms with E-state index in [1.807, 2.05) is 49.4 Å². The van der Waals surface area contributed by atoms with Crippen LogP contribution in [0.4, 0.5) is 0 Å². The van der Waals surface area contributed by atoms with Gasteiger partial charge in [0.25, 0.3) is 5.91 Å². The predicted octanol–water partition coefficient (Wildman–Crippen LogP) is 2.71. The van der Waals surface area contributed by atoms with E-state index in [4.69, 9.17) is 5.73 Å². The van der Waals surface area contributed by atoms with E-state index < -0.39 is 0 Å². The van der Waals surface area contributed by atoms with Crippen molar-refractivity contribution >= 4 is 5.91 Å². The summed E-state index contributed by atoms with van der Waals surface area (Å²) in [7, 11) is 0. The Kier molecular flexibility index (Phi) is 4.73. The number of nitrogens with one attached hydrogen (secondary N) is 1. The van der Waals surface area contributed by atoms with Crippen LogP contribution >= 0.6 is 0 Å². The molecule has 0 bridgehead atoms. The lowest BCUT2D eigenvalue weighted by Crippen LogP contribution is -2.38. The zero-order valence-corrected chi connectivity index (χ0v) is 15.3. The Morgan fingerprint density at radius 2 is 1.81 bits per heavy atom. The van der Waals surface area contributed by atoms with Crippen LogP contribution in [0.25, 0.3) is 16.8 Å². The summed E-state index contributed by atoms with van der Waals surface area (Å²) >= 11 is 0. The fourth-order valence-electron chi connectivity index (χ4n) is 3.20. The van der Waals surface area contributed by atoms with E-state index in [9.17, 15) is 4.79 Å². The number of amides is 1. The Bertz CT molecular complexity index is 929. The minimum Gasteiger partial charge on any atom is -0.349 e. The van der Waals surface area contributed by atoms with Crippen LogP contribution in [0.15, 0.2) is 54.6 Å². The first-order chi connectivity index (χ1) is 13.1. The average Bonchev–Trinajstić information content (AvgIpc) is 3.49. The van der Waals surface area contributed by atoms with Gasteiger partial charge in [-0.25, -0.2) is 4.68 Å². The van der Waals surface area contributed by atoms with Gasteiger partial charge in [0.15, 0.2) is 5.69 Å². The molecule has 3 N–H and O–H groups in total. The third-order valence-electron chi connectivity index (χ3n) is 5.05. The normalized spacial score (nSPS) is 14.7. The van der Waals surface area contributed by atoms with Gasteiger partial charge in [-0.05, 0) is 48.9 Å². The molecule has 1 fully saturated rings. The lowest BCUT2D eigenvalue weighted by Gasteiger charge is -2.11. The first-order valence-corrected chi connectivity index (χ1v) is 9.25. The minimum atomic E-state index is -0.226. The molecule has 0 spiro atoms. The lowest BCUT2D eigenvalue weighted by atomic mass is 10.1. The van der Waals surface area contributed by atoms with Gasteiger partial charge in [-0.2, -0.15) is 0 Å². The summed E-state index contributed by atoms with van der Waals surface area (Å²) in [6.07, 6.45) is 2.32. The van der Waals surface area contributed by atoms with Crippen molar-refractivity contribution in [3.8, 4) is 16.8 Å². The second kappa shape index (κ2) is 7.32. The Balaban J connectivity index is 1.49. The predicted molar refractivity (Wildman–Crippen MR) is 105 cm³/mol. The van der Waals surface area contributed by atoms with E-state index >= 15 is 0 Å². The van der Waals surface area contributed by atoms with Crippen molar-refractivity contribution in [1.29, 1.82) is 0 Å². The van der Waals surface area contributed by atoms with Crippen LogP contribution in [0.3, 0.4) is 0 Å². The monoisotopic (exact) mass is 361 g/mol. The lowest BCUT2D eigenvalue weighted by molar-refractivity contribution is 0.0944. The molecule has 1 aliphatic carbocycles. The highest BCUT2D eigenvalue weighted by molar-refractivity contribution is 5.93. The summed E-state index contributed by atoms with van der Waals surface area (Å²) in [5.74, 6) is 0.320. The molecule has 4 rings (SSSR count). The zero-order chi connectivity index (χ0) is 18.8. The van der Waals surface area contributed by atoms with Gasteiger partial charge < -0.3 is 11.1 Å². The van der Waals surface area contributed by atoms with E-state index in [-0.39, 0.29) is 11.9 Å². The van der Waals surface area contributed by atoms with Crippen LogP contribution in [0.5, 0.6) is 0 Å². The van der Waals surface area contributed by atoms with E-state index in [0.29, 0.717) is 23.9 Å². The van der Waals surface area contributed by atoms with Gasteiger partial charge in [0.05, 0.1) is 11.4 Å². The Morgan fingerprint density at radius 3 is 2.48 bits per heavy atom. The zero-order valence-electron chi connectivity index (χ0n) is 15.3. The van der Waals surface area contributed by atoms with Gasteiger partial charge in [-0.15, -0.1) is 5.10 Å². The molecule has 0 saturated heterocycles. The van der Waals surface area contributed by atoms with Crippen molar-refractivity contribution in [3.05, 3.63) is 66.0 Å². The highest BCUT2D eigenvalue weighted by Gasteiger charge is 2.29. The smallest absolute Gasteiger partial charge is 0.273 e. The van der Waals surface area contributed by atoms with Gasteiger partial charge in [-0.1, -0.05) is 47.7 Å². The molecule has 27 heavy (non-hydrogen) atoms. The number of hydrogen-bond acceptors (Lipinski definition) is 4. The van der Waals surface area contributed by atoms with Crippen molar-refractivity contribution in [2.75, 3.05) is 6.54 Å². The van der Waals surface area contributed by atoms with Crippen molar-refractivity contribution < 1.29 is 4.79 Å². The number of carbonyl (C=O) groups is 1. The van der Waals surface area contributed by atoms with Crippen LogP contribution < -0.4 is 11.1 Å². The third-order valence-corrected chi connectivity index (χ3v) is 5.05. The number of nitrogens with two attached hydrogens (primary N) is 1. The van der Waals surface area contributed by atoms with Crippen LogP contribution in [-0.2, 0) is 0 Å². The summed E-state index contributed by atoms with van der Waals surface area (Å²) < 4.78 is 1.69. The minimum absolute atomic E-state index is 0.0230. The maximum absolute atomic E-state index is 12.4. The molecular formula is C21H23N5O. The summed E-state index contributed by atoms with van der Waals surface area (Å²) in [5.41, 5.74) is 10.2. The molecule has 1 saturated carbocycles. The molecule has 0 radical (unpaired) electrons. The molecule has 2 aromatic carbocycles. The standard InChI is InChI=1S/C21H23N5O/c1-14-20(21(27)23-13-19(22)17-7-8-17)24-25-26(14)18-11-9-16(10-12-18)15-5-3-2-4-6-15/h2-6,9-12,17,19H,7-8,13,22H2,1H3,(H,23,27). The van der Waals surface area contributed by atoms with E-state index in [1.165, 1.54) is 0 Å². The first kappa shape index (κ1) is 17.4. The molecule has 1 amide bonds. The van der Waals surface area contributed by atoms with E-state index in [0.717, 1.165) is 29.7 Å². The molecule has 1 heterocycles. The Morgan fingerprint density at radius 1 is 1.15 bits per heavy atom. The highest BCUT2D eigenvalue weighted by Crippen LogP contribution is 2.31.